The summed E-state index contributed by atoms with van der Waals surface area (Å²) < 4.78 is 30.6. The molecule has 0 spiro atoms. The van der Waals surface area contributed by atoms with Gasteiger partial charge in [0.1, 0.15) is 11.3 Å². The van der Waals surface area contributed by atoms with Gasteiger partial charge in [0, 0.05) is 25.1 Å². The minimum Gasteiger partial charge on any atom is -0.433 e. The number of hydrogen-bond donors (Lipinski definition) is 1. The van der Waals surface area contributed by atoms with Crippen molar-refractivity contribution in [2.45, 2.75) is 58.0 Å². The Morgan fingerprint density at radius 1 is 1.22 bits per heavy atom. The number of fused-ring (bicyclic) bond motifs is 1. The molecule has 2 fully saturated rings. The predicted molar refractivity (Wildman–Crippen MR) is 129 cm³/mol. The van der Waals surface area contributed by atoms with Crippen molar-refractivity contribution in [2.75, 3.05) is 26.3 Å². The summed E-state index contributed by atoms with van der Waals surface area (Å²) in [7, 11) is 0. The van der Waals surface area contributed by atoms with Gasteiger partial charge in [0.05, 0.1) is 19.1 Å². The van der Waals surface area contributed by atoms with Crippen LogP contribution in [0.5, 0.6) is 0 Å². The van der Waals surface area contributed by atoms with Gasteiger partial charge in [-0.3, -0.25) is 9.59 Å². The summed E-state index contributed by atoms with van der Waals surface area (Å²) in [5, 5.41) is 0. The first kappa shape index (κ1) is 26.1. The van der Waals surface area contributed by atoms with E-state index in [1.807, 2.05) is 6.92 Å². The lowest BCUT2D eigenvalue weighted by atomic mass is 9.64. The van der Waals surface area contributed by atoms with Crippen LogP contribution in [0.2, 0.25) is 0 Å². The van der Waals surface area contributed by atoms with Crippen LogP contribution in [0.1, 0.15) is 63.1 Å². The van der Waals surface area contributed by atoms with Gasteiger partial charge in [-0.25, -0.2) is 14.2 Å². The van der Waals surface area contributed by atoms with Gasteiger partial charge in [-0.1, -0.05) is 39.0 Å². The van der Waals surface area contributed by atoms with Crippen molar-refractivity contribution < 1.29 is 32.7 Å². The molecule has 1 saturated heterocycles. The van der Waals surface area contributed by atoms with E-state index in [0.717, 1.165) is 38.2 Å². The molecule has 4 rings (SSSR count). The number of halogens is 1. The van der Waals surface area contributed by atoms with E-state index in [4.69, 9.17) is 19.6 Å². The van der Waals surface area contributed by atoms with E-state index in [0.29, 0.717) is 32.7 Å². The van der Waals surface area contributed by atoms with E-state index < -0.39 is 35.1 Å². The maximum atomic E-state index is 14.4. The normalized spacial score (nSPS) is 20.5. The number of oxazole rings is 1. The van der Waals surface area contributed by atoms with Crippen LogP contribution in [0.15, 0.2) is 22.6 Å². The maximum Gasteiger partial charge on any atom is 0.405 e. The van der Waals surface area contributed by atoms with Gasteiger partial charge in [-0.05, 0) is 31.4 Å². The van der Waals surface area contributed by atoms with Crippen LogP contribution in [0.4, 0.5) is 9.18 Å². The first-order chi connectivity index (χ1) is 17.3. The largest absolute Gasteiger partial charge is 0.433 e. The summed E-state index contributed by atoms with van der Waals surface area (Å²) in [5.41, 5.74) is 4.01. The number of aromatic nitrogens is 1. The monoisotopic (exact) mass is 503 g/mol. The Morgan fingerprint density at radius 2 is 1.92 bits per heavy atom. The summed E-state index contributed by atoms with van der Waals surface area (Å²) in [6, 6.07) is 3.76. The van der Waals surface area contributed by atoms with Crippen LogP contribution in [0.25, 0.3) is 11.1 Å². The number of morpholine rings is 1. The van der Waals surface area contributed by atoms with Crippen LogP contribution in [-0.4, -0.2) is 59.6 Å². The zero-order chi connectivity index (χ0) is 25.9. The third-order valence-electron chi connectivity index (χ3n) is 7.72. The van der Waals surface area contributed by atoms with E-state index in [-0.39, 0.29) is 28.8 Å². The molecule has 2 aliphatic rings. The lowest BCUT2D eigenvalue weighted by Crippen LogP contribution is -2.61. The lowest BCUT2D eigenvalue weighted by Gasteiger charge is -2.46. The van der Waals surface area contributed by atoms with Gasteiger partial charge in [0.2, 0.25) is 5.91 Å². The molecule has 0 bridgehead atoms. The van der Waals surface area contributed by atoms with Crippen molar-refractivity contribution in [3.63, 3.8) is 0 Å². The molecule has 10 heteroatoms. The quantitative estimate of drug-likeness (QED) is 0.538. The minimum absolute atomic E-state index is 0.0359. The summed E-state index contributed by atoms with van der Waals surface area (Å²) in [5.74, 6) is -3.46. The van der Waals surface area contributed by atoms with Crippen molar-refractivity contribution in [1.82, 2.24) is 9.88 Å². The van der Waals surface area contributed by atoms with Gasteiger partial charge in [-0.2, -0.15) is 0 Å². The van der Waals surface area contributed by atoms with E-state index in [9.17, 15) is 18.8 Å². The van der Waals surface area contributed by atoms with Gasteiger partial charge < -0.3 is 24.5 Å². The number of nitrogens with zero attached hydrogens (tertiary/aromatic N) is 2. The predicted octanol–water partition coefficient (Wildman–Crippen LogP) is 4.09. The molecule has 2 heterocycles. The zero-order valence-electron chi connectivity index (χ0n) is 20.8. The minimum atomic E-state index is -1.93. The van der Waals surface area contributed by atoms with E-state index in [1.165, 1.54) is 12.1 Å². The fourth-order valence-corrected chi connectivity index (χ4v) is 5.99. The first-order valence-corrected chi connectivity index (χ1v) is 12.7. The summed E-state index contributed by atoms with van der Waals surface area (Å²) in [6.45, 7) is 5.02. The average Bonchev–Trinajstić information content (AvgIpc) is 3.31. The molecular formula is C26H34FN3O6. The topological polar surface area (TPSA) is 125 Å². The van der Waals surface area contributed by atoms with Gasteiger partial charge in [0.15, 0.2) is 11.2 Å². The van der Waals surface area contributed by atoms with Crippen molar-refractivity contribution >= 4 is 28.9 Å². The molecular weight excluding hydrogens is 469 g/mol. The molecule has 0 radical (unpaired) electrons. The summed E-state index contributed by atoms with van der Waals surface area (Å²) in [4.78, 5) is 46.4. The number of ketones is 1. The van der Waals surface area contributed by atoms with Gasteiger partial charge in [0.25, 0.3) is 11.7 Å². The summed E-state index contributed by atoms with van der Waals surface area (Å²) >= 11 is 0. The molecule has 196 valence electrons. The number of hydrogen-bond acceptors (Lipinski definition) is 7. The molecule has 3 atom stereocenters. The van der Waals surface area contributed by atoms with Gasteiger partial charge in [-0.15, -0.1) is 0 Å². The molecule has 1 aromatic heterocycles. The number of ether oxygens (including phenoxy) is 2. The third-order valence-corrected chi connectivity index (χ3v) is 7.72. The number of Topliss-reactive ketones (excluding diaryl/α,β-unsaturated/α-hetero) is 1. The van der Waals surface area contributed by atoms with Crippen LogP contribution < -0.4 is 5.73 Å². The Bertz CT molecular complexity index is 1110. The molecule has 1 aromatic carbocycles. The number of nitrogens with two attached hydrogens (primary N) is 1. The first-order valence-electron chi connectivity index (χ1n) is 12.7. The van der Waals surface area contributed by atoms with Crippen molar-refractivity contribution in [3.8, 4) is 0 Å². The Morgan fingerprint density at radius 3 is 2.56 bits per heavy atom. The molecule has 1 saturated carbocycles. The highest BCUT2D eigenvalue weighted by Crippen LogP contribution is 2.46. The van der Waals surface area contributed by atoms with Gasteiger partial charge >= 0.3 is 6.09 Å². The Kier molecular flexibility index (Phi) is 7.92. The third kappa shape index (κ3) is 4.96. The second-order valence-electron chi connectivity index (χ2n) is 9.75. The highest BCUT2D eigenvalue weighted by molar-refractivity contribution is 6.05. The molecule has 3 unspecified atom stereocenters. The Hall–Kier alpha value is -3.01. The van der Waals surface area contributed by atoms with Crippen molar-refractivity contribution in [2.24, 2.45) is 23.5 Å². The molecule has 2 N–H and O–H groups in total. The number of carbonyl (C=O) groups is 3. The molecule has 36 heavy (non-hydrogen) atoms. The molecule has 2 aromatic rings. The van der Waals surface area contributed by atoms with E-state index >= 15 is 0 Å². The van der Waals surface area contributed by atoms with Crippen molar-refractivity contribution in [3.05, 3.63) is 29.9 Å². The molecule has 2 amide bonds. The zero-order valence-corrected chi connectivity index (χ0v) is 20.8. The second-order valence-corrected chi connectivity index (χ2v) is 9.75. The van der Waals surface area contributed by atoms with Crippen LogP contribution in [0, 0.1) is 23.6 Å². The molecule has 1 aliphatic carbocycles. The number of carbonyl (C=O) groups excluding carboxylic acids is 3. The smallest absolute Gasteiger partial charge is 0.405 e. The average molecular weight is 504 g/mol. The van der Waals surface area contributed by atoms with Crippen molar-refractivity contribution in [1.29, 1.82) is 0 Å². The fraction of sp³-hybridized carbons (Fsp3) is 0.615. The lowest BCUT2D eigenvalue weighted by molar-refractivity contribution is -0.151. The number of rotatable bonds is 8. The molecule has 9 nitrogen and oxygen atoms in total. The Labute approximate surface area is 209 Å². The molecule has 1 aliphatic heterocycles. The SMILES string of the molecule is CCC(C1CCCCC1)C(OC(N)=O)(C(=O)c1nc2ccc(F)cc2o1)C(C)C(=O)N1CCOCC1. The standard InChI is InChI=1S/C26H34FN3O6/c1-3-19(17-7-5-4-6-8-17)26(36-25(28)33,16(2)24(32)30-11-13-34-14-12-30)22(31)23-29-20-10-9-18(27)15-21(20)35-23/h9-10,15-17,19H,3-8,11-14H2,1-2H3,(H2,28,33). The number of primary amides is 1. The summed E-state index contributed by atoms with van der Waals surface area (Å²) in [6.07, 6.45) is 4.05. The number of amides is 2. The fourth-order valence-electron chi connectivity index (χ4n) is 5.99. The number of benzene rings is 1. The maximum absolute atomic E-state index is 14.4. The second kappa shape index (κ2) is 10.9. The van der Waals surface area contributed by atoms with Crippen LogP contribution >= 0.6 is 0 Å². The Balaban J connectivity index is 1.85. The van der Waals surface area contributed by atoms with Crippen LogP contribution in [-0.2, 0) is 14.3 Å². The van der Waals surface area contributed by atoms with E-state index in [1.54, 1.807) is 11.8 Å². The van der Waals surface area contributed by atoms with E-state index in [2.05, 4.69) is 4.98 Å². The highest BCUT2D eigenvalue weighted by atomic mass is 19.1. The highest BCUT2D eigenvalue weighted by Gasteiger charge is 2.59. The van der Waals surface area contributed by atoms with Crippen LogP contribution in [0.3, 0.4) is 0 Å².